The number of aryl methyl sites for hydroxylation is 1. The number of hydrogen-bond acceptors (Lipinski definition) is 7. The van der Waals surface area contributed by atoms with E-state index in [4.69, 9.17) is 4.74 Å². The first-order chi connectivity index (χ1) is 12.3. The molecule has 1 fully saturated rings. The van der Waals surface area contributed by atoms with Crippen LogP contribution in [0.5, 0.6) is 0 Å². The maximum atomic E-state index is 12.8. The number of aromatic nitrogens is 4. The van der Waals surface area contributed by atoms with Crippen molar-refractivity contribution in [3.63, 3.8) is 0 Å². The van der Waals surface area contributed by atoms with E-state index in [1.807, 2.05) is 4.98 Å². The number of nitrogens with zero attached hydrogens (tertiary/aromatic N) is 3. The third-order valence-electron chi connectivity index (χ3n) is 4.44. The van der Waals surface area contributed by atoms with Crippen molar-refractivity contribution in [2.45, 2.75) is 32.3 Å². The predicted octanol–water partition coefficient (Wildman–Crippen LogP) is -2.63. The maximum absolute atomic E-state index is 12.8. The van der Waals surface area contributed by atoms with Crippen LogP contribution in [0.1, 0.15) is 18.7 Å². The van der Waals surface area contributed by atoms with E-state index in [0.29, 0.717) is 9.35 Å². The first-order valence-electron chi connectivity index (χ1n) is 7.88. The van der Waals surface area contributed by atoms with E-state index in [9.17, 15) is 29.4 Å². The highest BCUT2D eigenvalue weighted by molar-refractivity contribution is 5.02. The monoisotopic (exact) mass is 366 g/mol. The van der Waals surface area contributed by atoms with E-state index in [-0.39, 0.29) is 5.56 Å². The van der Waals surface area contributed by atoms with Crippen LogP contribution >= 0.6 is 0 Å². The zero-order valence-electron chi connectivity index (χ0n) is 14.0. The summed E-state index contributed by atoms with van der Waals surface area (Å²) in [6.07, 6.45) is -0.548. The molecule has 1 aliphatic heterocycles. The Morgan fingerprint density at radius 2 is 1.96 bits per heavy atom. The Bertz CT molecular complexity index is 1060. The van der Waals surface area contributed by atoms with Crippen molar-refractivity contribution in [3.8, 4) is 0 Å². The number of H-pyrrole nitrogens is 1. The van der Waals surface area contributed by atoms with Crippen LogP contribution in [-0.4, -0.2) is 47.9 Å². The molecule has 0 radical (unpaired) electrons. The molecule has 2 unspecified atom stereocenters. The highest BCUT2D eigenvalue weighted by atomic mass is 16.5. The highest BCUT2D eigenvalue weighted by Gasteiger charge is 2.42. The van der Waals surface area contributed by atoms with Gasteiger partial charge in [0.2, 0.25) is 0 Å². The minimum absolute atomic E-state index is 0.132. The van der Waals surface area contributed by atoms with Gasteiger partial charge < -0.3 is 14.9 Å². The quantitative estimate of drug-likeness (QED) is 0.538. The van der Waals surface area contributed by atoms with Crippen molar-refractivity contribution >= 4 is 0 Å². The van der Waals surface area contributed by atoms with Crippen molar-refractivity contribution in [3.05, 3.63) is 65.7 Å². The zero-order valence-corrected chi connectivity index (χ0v) is 14.0. The van der Waals surface area contributed by atoms with Crippen molar-refractivity contribution in [2.24, 2.45) is 5.92 Å². The fourth-order valence-corrected chi connectivity index (χ4v) is 2.94. The van der Waals surface area contributed by atoms with Crippen LogP contribution in [0.15, 0.2) is 37.6 Å². The molecule has 0 amide bonds. The van der Waals surface area contributed by atoms with Crippen LogP contribution in [0.4, 0.5) is 0 Å². The van der Waals surface area contributed by atoms with Gasteiger partial charge >= 0.3 is 11.4 Å². The summed E-state index contributed by atoms with van der Waals surface area (Å²) < 4.78 is 7.82. The molecule has 1 aliphatic rings. The normalized spacial score (nSPS) is 25.5. The predicted molar refractivity (Wildman–Crippen MR) is 88.0 cm³/mol. The fourth-order valence-electron chi connectivity index (χ4n) is 2.94. The van der Waals surface area contributed by atoms with Crippen LogP contribution in [-0.2, 0) is 4.74 Å². The van der Waals surface area contributed by atoms with Gasteiger partial charge in [-0.1, -0.05) is 6.92 Å². The first kappa shape index (κ1) is 18.0. The molecule has 0 saturated carbocycles. The van der Waals surface area contributed by atoms with E-state index >= 15 is 0 Å². The Morgan fingerprint density at radius 3 is 2.58 bits per heavy atom. The Kier molecular flexibility index (Phi) is 4.52. The average Bonchev–Trinajstić information content (AvgIpc) is 2.87. The van der Waals surface area contributed by atoms with Gasteiger partial charge in [0.15, 0.2) is 0 Å². The molecule has 1 saturated heterocycles. The minimum atomic E-state index is -1.00. The molecule has 0 aromatic carbocycles. The Labute approximate surface area is 145 Å². The molecule has 11 nitrogen and oxygen atoms in total. The second-order valence-electron chi connectivity index (χ2n) is 6.17. The molecule has 2 aromatic heterocycles. The molecule has 0 spiro atoms. The van der Waals surface area contributed by atoms with Crippen molar-refractivity contribution < 1.29 is 14.9 Å². The summed E-state index contributed by atoms with van der Waals surface area (Å²) in [6.45, 7) is 2.61. The van der Waals surface area contributed by atoms with E-state index < -0.39 is 53.5 Å². The van der Waals surface area contributed by atoms with E-state index in [1.165, 1.54) is 13.1 Å². The molecule has 2 aromatic rings. The first-order valence-corrected chi connectivity index (χ1v) is 7.88. The Hall–Kier alpha value is -2.76. The molecule has 3 heterocycles. The second-order valence-corrected chi connectivity index (χ2v) is 6.17. The number of ether oxygens (including phenoxy) is 1. The van der Waals surface area contributed by atoms with Gasteiger partial charge in [0, 0.05) is 29.9 Å². The lowest BCUT2D eigenvalue weighted by atomic mass is 10.0. The van der Waals surface area contributed by atoms with Gasteiger partial charge in [-0.15, -0.1) is 0 Å². The van der Waals surface area contributed by atoms with Crippen molar-refractivity contribution in [1.82, 2.24) is 18.9 Å². The van der Waals surface area contributed by atoms with Gasteiger partial charge in [-0.2, -0.15) is 9.35 Å². The van der Waals surface area contributed by atoms with E-state index in [1.54, 1.807) is 6.92 Å². The summed E-state index contributed by atoms with van der Waals surface area (Å²) in [5, 5.41) is 19.3. The SMILES string of the molecule is Cc1cn(-n2c(=O)ccn([C@H]3O[C@@H](CO)C(O)C3C)c2=O)c(=O)[nH]c1=O. The Balaban J connectivity index is 2.20. The van der Waals surface area contributed by atoms with Gasteiger partial charge in [-0.05, 0) is 6.92 Å². The largest absolute Gasteiger partial charge is 0.394 e. The summed E-state index contributed by atoms with van der Waals surface area (Å²) >= 11 is 0. The molecule has 140 valence electrons. The molecule has 3 rings (SSSR count). The highest BCUT2D eigenvalue weighted by Crippen LogP contribution is 2.33. The lowest BCUT2D eigenvalue weighted by molar-refractivity contribution is -0.0482. The molecule has 0 bridgehead atoms. The second kappa shape index (κ2) is 6.52. The van der Waals surface area contributed by atoms with E-state index in [2.05, 4.69) is 0 Å². The summed E-state index contributed by atoms with van der Waals surface area (Å²) in [6, 6.07) is 1.06. The van der Waals surface area contributed by atoms with Gasteiger partial charge in [-0.25, -0.2) is 9.59 Å². The van der Waals surface area contributed by atoms with Crippen LogP contribution in [0.2, 0.25) is 0 Å². The molecule has 3 N–H and O–H groups in total. The van der Waals surface area contributed by atoms with Crippen LogP contribution < -0.4 is 22.5 Å². The number of hydrogen-bond donors (Lipinski definition) is 3. The van der Waals surface area contributed by atoms with Gasteiger partial charge in [0.05, 0.1) is 12.7 Å². The van der Waals surface area contributed by atoms with Crippen LogP contribution in [0, 0.1) is 12.8 Å². The minimum Gasteiger partial charge on any atom is -0.394 e. The zero-order chi connectivity index (χ0) is 19.2. The molecule has 0 aliphatic carbocycles. The van der Waals surface area contributed by atoms with Crippen LogP contribution in [0.3, 0.4) is 0 Å². The smallest absolute Gasteiger partial charge is 0.353 e. The summed E-state index contributed by atoms with van der Waals surface area (Å²) in [5.41, 5.74) is -3.13. The third kappa shape index (κ3) is 2.75. The van der Waals surface area contributed by atoms with Gasteiger partial charge in [-0.3, -0.25) is 19.1 Å². The van der Waals surface area contributed by atoms with Gasteiger partial charge in [0.1, 0.15) is 12.3 Å². The standard InChI is InChI=1S/C15H18N4O7/c1-7-5-18(14(24)16-12(7)23)19-10(21)3-4-17(15(19)25)13-8(2)11(22)9(6-20)26-13/h3-5,8-9,11,13,20,22H,6H2,1-2H3,(H,16,23,24)/t8?,9-,11?,13-/m0/s1. The Morgan fingerprint density at radius 1 is 1.27 bits per heavy atom. The molecule has 26 heavy (non-hydrogen) atoms. The van der Waals surface area contributed by atoms with Crippen molar-refractivity contribution in [2.75, 3.05) is 6.61 Å². The van der Waals surface area contributed by atoms with Crippen molar-refractivity contribution in [1.29, 1.82) is 0 Å². The maximum Gasteiger partial charge on any atom is 0.353 e. The van der Waals surface area contributed by atoms with Gasteiger partial charge in [0.25, 0.3) is 11.1 Å². The van der Waals surface area contributed by atoms with Crippen LogP contribution in [0.25, 0.3) is 0 Å². The average molecular weight is 366 g/mol. The fraction of sp³-hybridized carbons (Fsp3) is 0.467. The summed E-state index contributed by atoms with van der Waals surface area (Å²) in [5.74, 6) is -0.551. The number of rotatable bonds is 3. The molecular formula is C15H18N4O7. The number of aliphatic hydroxyl groups excluding tert-OH is 2. The summed E-state index contributed by atoms with van der Waals surface area (Å²) in [7, 11) is 0. The number of nitrogens with one attached hydrogen (secondary N) is 1. The lowest BCUT2D eigenvalue weighted by Gasteiger charge is -2.19. The summed E-state index contributed by atoms with van der Waals surface area (Å²) in [4.78, 5) is 50.6. The van der Waals surface area contributed by atoms with E-state index in [0.717, 1.165) is 16.8 Å². The molecule has 11 heteroatoms. The molecular weight excluding hydrogens is 348 g/mol. The molecule has 4 atom stereocenters. The topological polar surface area (TPSA) is 149 Å². The third-order valence-corrected chi connectivity index (χ3v) is 4.44. The number of aromatic amines is 1. The number of aliphatic hydroxyl groups is 2. The lowest BCUT2D eigenvalue weighted by Crippen LogP contribution is -2.49.